The zero-order valence-electron chi connectivity index (χ0n) is 11.3. The molecule has 0 saturated heterocycles. The number of aromatic nitrogens is 4. The molecule has 0 saturated carbocycles. The van der Waals surface area contributed by atoms with Gasteiger partial charge in [-0.3, -0.25) is 9.55 Å². The van der Waals surface area contributed by atoms with E-state index in [9.17, 15) is 4.39 Å². The molecule has 1 aromatic carbocycles. The molecule has 7 heteroatoms. The van der Waals surface area contributed by atoms with E-state index in [1.807, 2.05) is 12.1 Å². The molecular formula is C15H10FN5S. The number of benzene rings is 1. The number of pyridine rings is 1. The largest absolute Gasteiger partial charge is 0.267 e. The van der Waals surface area contributed by atoms with Gasteiger partial charge in [-0.25, -0.2) is 4.39 Å². The Morgan fingerprint density at radius 2 is 2.05 bits per heavy atom. The maximum atomic E-state index is 14.2. The SMILES string of the molecule is N#CCSc1nnc(-c2cccnc2)n1-c1ccccc1F. The van der Waals surface area contributed by atoms with E-state index in [1.165, 1.54) is 17.8 Å². The molecular weight excluding hydrogens is 301 g/mol. The first-order valence-electron chi connectivity index (χ1n) is 6.41. The van der Waals surface area contributed by atoms with Gasteiger partial charge in [-0.15, -0.1) is 10.2 Å². The van der Waals surface area contributed by atoms with E-state index >= 15 is 0 Å². The van der Waals surface area contributed by atoms with Crippen LogP contribution in [0.15, 0.2) is 53.9 Å². The molecule has 0 fully saturated rings. The van der Waals surface area contributed by atoms with Crippen LogP contribution in [0.2, 0.25) is 0 Å². The highest BCUT2D eigenvalue weighted by atomic mass is 32.2. The molecule has 0 aliphatic heterocycles. The fourth-order valence-electron chi connectivity index (χ4n) is 1.99. The summed E-state index contributed by atoms with van der Waals surface area (Å²) in [6.07, 6.45) is 3.29. The average Bonchev–Trinajstić information content (AvgIpc) is 2.98. The number of hydrogen-bond acceptors (Lipinski definition) is 5. The van der Waals surface area contributed by atoms with Gasteiger partial charge in [0.2, 0.25) is 0 Å². The van der Waals surface area contributed by atoms with E-state index < -0.39 is 0 Å². The lowest BCUT2D eigenvalue weighted by atomic mass is 10.2. The summed E-state index contributed by atoms with van der Waals surface area (Å²) in [4.78, 5) is 4.06. The summed E-state index contributed by atoms with van der Waals surface area (Å²) in [7, 11) is 0. The number of nitrogens with zero attached hydrogens (tertiary/aromatic N) is 5. The molecule has 0 aliphatic rings. The highest BCUT2D eigenvalue weighted by Gasteiger charge is 2.18. The first-order valence-corrected chi connectivity index (χ1v) is 7.40. The number of hydrogen-bond donors (Lipinski definition) is 0. The lowest BCUT2D eigenvalue weighted by molar-refractivity contribution is 0.613. The summed E-state index contributed by atoms with van der Waals surface area (Å²) in [6, 6.07) is 12.0. The van der Waals surface area contributed by atoms with Crippen LogP contribution in [0.4, 0.5) is 4.39 Å². The van der Waals surface area contributed by atoms with Gasteiger partial charge in [-0.2, -0.15) is 5.26 Å². The van der Waals surface area contributed by atoms with Crippen LogP contribution in [0.3, 0.4) is 0 Å². The summed E-state index contributed by atoms with van der Waals surface area (Å²) in [6.45, 7) is 0. The van der Waals surface area contributed by atoms with Crippen LogP contribution in [0.25, 0.3) is 17.1 Å². The molecule has 0 unspecified atom stereocenters. The quantitative estimate of drug-likeness (QED) is 0.693. The fraction of sp³-hybridized carbons (Fsp3) is 0.0667. The van der Waals surface area contributed by atoms with Crippen LogP contribution in [-0.4, -0.2) is 25.5 Å². The summed E-state index contributed by atoms with van der Waals surface area (Å²) < 4.78 is 15.8. The van der Waals surface area contributed by atoms with Crippen molar-refractivity contribution in [3.63, 3.8) is 0 Å². The Morgan fingerprint density at radius 3 is 2.77 bits per heavy atom. The van der Waals surface area contributed by atoms with Crippen molar-refractivity contribution in [2.24, 2.45) is 0 Å². The second-order valence-corrected chi connectivity index (χ2v) is 5.22. The minimum absolute atomic E-state index is 0.208. The minimum Gasteiger partial charge on any atom is -0.267 e. The van der Waals surface area contributed by atoms with Crippen molar-refractivity contribution in [1.82, 2.24) is 19.7 Å². The van der Waals surface area contributed by atoms with Gasteiger partial charge < -0.3 is 0 Å². The molecule has 0 N–H and O–H groups in total. The van der Waals surface area contributed by atoms with E-state index in [1.54, 1.807) is 41.2 Å². The maximum absolute atomic E-state index is 14.2. The molecule has 0 radical (unpaired) electrons. The molecule has 0 atom stereocenters. The first kappa shape index (κ1) is 14.2. The third kappa shape index (κ3) is 2.69. The summed E-state index contributed by atoms with van der Waals surface area (Å²) in [5, 5.41) is 17.4. The summed E-state index contributed by atoms with van der Waals surface area (Å²) >= 11 is 1.21. The predicted octanol–water partition coefficient (Wildman–Crippen LogP) is 3.08. The number of para-hydroxylation sites is 1. The van der Waals surface area contributed by atoms with Gasteiger partial charge in [-0.05, 0) is 24.3 Å². The Kier molecular flexibility index (Phi) is 4.12. The van der Waals surface area contributed by atoms with E-state index in [2.05, 4.69) is 15.2 Å². The summed E-state index contributed by atoms with van der Waals surface area (Å²) in [5.74, 6) is 0.310. The Bertz CT molecular complexity index is 825. The highest BCUT2D eigenvalue weighted by molar-refractivity contribution is 7.99. The van der Waals surface area contributed by atoms with E-state index in [0.29, 0.717) is 16.7 Å². The van der Waals surface area contributed by atoms with Gasteiger partial charge in [0.05, 0.1) is 17.5 Å². The lowest BCUT2D eigenvalue weighted by Gasteiger charge is -2.10. The Hall–Kier alpha value is -2.72. The smallest absolute Gasteiger partial charge is 0.197 e. The number of nitriles is 1. The fourth-order valence-corrected chi connectivity index (χ4v) is 2.60. The molecule has 2 heterocycles. The molecule has 0 aliphatic carbocycles. The van der Waals surface area contributed by atoms with Crippen molar-refractivity contribution >= 4 is 11.8 Å². The molecule has 3 aromatic rings. The minimum atomic E-state index is -0.383. The van der Waals surface area contributed by atoms with Crippen LogP contribution in [0.1, 0.15) is 0 Å². The van der Waals surface area contributed by atoms with Crippen LogP contribution >= 0.6 is 11.8 Å². The van der Waals surface area contributed by atoms with Crippen LogP contribution in [0.5, 0.6) is 0 Å². The monoisotopic (exact) mass is 311 g/mol. The van der Waals surface area contributed by atoms with Crippen molar-refractivity contribution in [2.75, 3.05) is 5.75 Å². The van der Waals surface area contributed by atoms with E-state index in [0.717, 1.165) is 5.56 Å². The Balaban J connectivity index is 2.18. The molecule has 5 nitrogen and oxygen atoms in total. The average molecular weight is 311 g/mol. The van der Waals surface area contributed by atoms with Crippen molar-refractivity contribution in [1.29, 1.82) is 5.26 Å². The van der Waals surface area contributed by atoms with Gasteiger partial charge in [0, 0.05) is 18.0 Å². The predicted molar refractivity (Wildman–Crippen MR) is 80.9 cm³/mol. The van der Waals surface area contributed by atoms with Crippen molar-refractivity contribution in [3.8, 4) is 23.1 Å². The Morgan fingerprint density at radius 1 is 1.18 bits per heavy atom. The molecule has 22 heavy (non-hydrogen) atoms. The zero-order valence-corrected chi connectivity index (χ0v) is 12.2. The zero-order chi connectivity index (χ0) is 15.4. The molecule has 0 amide bonds. The summed E-state index contributed by atoms with van der Waals surface area (Å²) in [5.41, 5.74) is 1.06. The first-order chi connectivity index (χ1) is 10.8. The van der Waals surface area contributed by atoms with Crippen molar-refractivity contribution in [2.45, 2.75) is 5.16 Å². The molecule has 2 aromatic heterocycles. The normalized spacial score (nSPS) is 10.4. The lowest BCUT2D eigenvalue weighted by Crippen LogP contribution is -2.02. The second kappa shape index (κ2) is 6.37. The third-order valence-corrected chi connectivity index (χ3v) is 3.71. The molecule has 0 bridgehead atoms. The second-order valence-electron chi connectivity index (χ2n) is 4.28. The van der Waals surface area contributed by atoms with Crippen LogP contribution < -0.4 is 0 Å². The van der Waals surface area contributed by atoms with Gasteiger partial charge >= 0.3 is 0 Å². The maximum Gasteiger partial charge on any atom is 0.197 e. The number of thioether (sulfide) groups is 1. The standard InChI is InChI=1S/C15H10FN5S/c16-12-5-1-2-6-13(12)21-14(11-4-3-8-18-10-11)19-20-15(21)22-9-7-17/h1-6,8,10H,9H2. The number of rotatable bonds is 4. The highest BCUT2D eigenvalue weighted by Crippen LogP contribution is 2.28. The third-order valence-electron chi connectivity index (χ3n) is 2.91. The van der Waals surface area contributed by atoms with E-state index in [4.69, 9.17) is 5.26 Å². The van der Waals surface area contributed by atoms with Gasteiger partial charge in [-0.1, -0.05) is 23.9 Å². The van der Waals surface area contributed by atoms with Gasteiger partial charge in [0.1, 0.15) is 5.82 Å². The molecule has 108 valence electrons. The number of halogens is 1. The van der Waals surface area contributed by atoms with Crippen molar-refractivity contribution < 1.29 is 4.39 Å². The van der Waals surface area contributed by atoms with E-state index in [-0.39, 0.29) is 11.6 Å². The Labute approximate surface area is 130 Å². The van der Waals surface area contributed by atoms with Crippen LogP contribution in [0, 0.1) is 17.1 Å². The molecule has 0 spiro atoms. The molecule has 3 rings (SSSR count). The topological polar surface area (TPSA) is 67.4 Å². The van der Waals surface area contributed by atoms with Crippen LogP contribution in [-0.2, 0) is 0 Å². The van der Waals surface area contributed by atoms with Crippen molar-refractivity contribution in [3.05, 3.63) is 54.6 Å². The van der Waals surface area contributed by atoms with Gasteiger partial charge in [0.15, 0.2) is 11.0 Å². The van der Waals surface area contributed by atoms with Gasteiger partial charge in [0.25, 0.3) is 0 Å².